The van der Waals surface area contributed by atoms with Gasteiger partial charge in [-0.05, 0) is 91.1 Å². The molecule has 4 N–H and O–H groups in total. The van der Waals surface area contributed by atoms with E-state index < -0.39 is 99.6 Å². The molecular formula is C40H28ClF4N3O9. The van der Waals surface area contributed by atoms with Gasteiger partial charge in [-0.3, -0.25) is 24.6 Å². The van der Waals surface area contributed by atoms with Gasteiger partial charge < -0.3 is 20.1 Å². The zero-order valence-electron chi connectivity index (χ0n) is 29.0. The number of nitrogens with zero attached hydrogens (tertiary/aromatic N) is 2. The van der Waals surface area contributed by atoms with Gasteiger partial charge in [0.1, 0.15) is 28.6 Å². The molecule has 4 amide bonds. The van der Waals surface area contributed by atoms with Crippen molar-refractivity contribution in [3.63, 3.8) is 0 Å². The summed E-state index contributed by atoms with van der Waals surface area (Å²) in [6.07, 6.45) is -3.93. The Hall–Kier alpha value is -6.42. The standard InChI is InChI=1S/C40H28ClF4N3O9/c41-19-3-1-18(2-4-19)39-29(35(52)48(38(39)56)46-21-7-5-20(42)6-8-21)17-27-24(33(39)28-16-23(10-14-30(28)49)57-40(43,44)45)12-13-26-32(27)36(53)47(34(26)51)22-9-11-25(37(54)55)31(50)15-22/h1-12,14-16,26-27,29,32-33,46,49-50H,13,17H2,(H,54,55). The number of carboxylic acids is 1. The quantitative estimate of drug-likeness (QED) is 0.0897. The summed E-state index contributed by atoms with van der Waals surface area (Å²) >= 11 is 6.27. The fourth-order valence-corrected chi connectivity index (χ4v) is 9.18. The van der Waals surface area contributed by atoms with E-state index in [1.807, 2.05) is 0 Å². The van der Waals surface area contributed by atoms with Crippen LogP contribution in [0.25, 0.3) is 0 Å². The molecule has 2 heterocycles. The molecule has 6 unspecified atom stereocenters. The maximum Gasteiger partial charge on any atom is 0.573 e. The number of nitrogens with one attached hydrogen (secondary N) is 1. The highest BCUT2D eigenvalue weighted by molar-refractivity contribution is 6.30. The van der Waals surface area contributed by atoms with Gasteiger partial charge in [0.25, 0.3) is 11.8 Å². The number of rotatable bonds is 7. The van der Waals surface area contributed by atoms with E-state index in [2.05, 4.69) is 10.2 Å². The van der Waals surface area contributed by atoms with Crippen molar-refractivity contribution in [1.82, 2.24) is 5.01 Å². The third-order valence-corrected chi connectivity index (χ3v) is 11.5. The number of fused-ring (bicyclic) bond motifs is 4. The lowest BCUT2D eigenvalue weighted by Gasteiger charge is -2.50. The van der Waals surface area contributed by atoms with Gasteiger partial charge in [-0.25, -0.2) is 14.1 Å². The normalized spacial score (nSPS) is 25.5. The molecule has 0 bridgehead atoms. The number of hydrogen-bond donors (Lipinski definition) is 4. The van der Waals surface area contributed by atoms with Crippen molar-refractivity contribution in [3.05, 3.63) is 124 Å². The Labute approximate surface area is 324 Å². The molecule has 0 spiro atoms. The Morgan fingerprint density at radius 3 is 2.21 bits per heavy atom. The Morgan fingerprint density at radius 2 is 1.56 bits per heavy atom. The first-order chi connectivity index (χ1) is 27.0. The number of allylic oxidation sites excluding steroid dienone is 2. The minimum absolute atomic E-state index is 0.117. The zero-order valence-corrected chi connectivity index (χ0v) is 29.8. The topological polar surface area (TPSA) is 174 Å². The molecule has 12 nitrogen and oxygen atoms in total. The number of hydrogen-bond acceptors (Lipinski definition) is 9. The lowest BCUT2D eigenvalue weighted by Crippen LogP contribution is -2.53. The van der Waals surface area contributed by atoms with Crippen LogP contribution >= 0.6 is 11.6 Å². The van der Waals surface area contributed by atoms with E-state index >= 15 is 4.79 Å². The number of carboxylic acid groups (broad SMARTS) is 1. The highest BCUT2D eigenvalue weighted by Gasteiger charge is 2.70. The van der Waals surface area contributed by atoms with Gasteiger partial charge in [0.2, 0.25) is 11.8 Å². The van der Waals surface area contributed by atoms with Gasteiger partial charge in [-0.2, -0.15) is 5.01 Å². The smallest absolute Gasteiger partial charge is 0.508 e. The molecule has 6 atom stereocenters. The van der Waals surface area contributed by atoms with Crippen LogP contribution in [0.4, 0.5) is 28.9 Å². The summed E-state index contributed by atoms with van der Waals surface area (Å²) in [5, 5.41) is 32.3. The lowest BCUT2D eigenvalue weighted by molar-refractivity contribution is -0.274. The van der Waals surface area contributed by atoms with E-state index in [-0.39, 0.29) is 45.9 Å². The third kappa shape index (κ3) is 5.93. The highest BCUT2D eigenvalue weighted by Crippen LogP contribution is 2.65. The average molecular weight is 806 g/mol. The molecule has 2 saturated heterocycles. The third-order valence-electron chi connectivity index (χ3n) is 11.3. The number of carbonyl (C=O) groups is 5. The van der Waals surface area contributed by atoms with Gasteiger partial charge in [0.15, 0.2) is 0 Å². The number of ether oxygens (including phenoxy) is 1. The van der Waals surface area contributed by atoms with E-state index in [1.165, 1.54) is 42.5 Å². The number of hydrazine groups is 1. The largest absolute Gasteiger partial charge is 0.573 e. The van der Waals surface area contributed by atoms with Crippen molar-refractivity contribution in [1.29, 1.82) is 0 Å². The molecule has 4 aromatic carbocycles. The second-order valence-electron chi connectivity index (χ2n) is 14.2. The second-order valence-corrected chi connectivity index (χ2v) is 14.6. The Bertz CT molecular complexity index is 2420. The predicted octanol–water partition coefficient (Wildman–Crippen LogP) is 6.68. The molecule has 3 fully saturated rings. The van der Waals surface area contributed by atoms with Crippen LogP contribution in [0.15, 0.2) is 96.6 Å². The Morgan fingerprint density at radius 1 is 0.860 bits per heavy atom. The molecular weight excluding hydrogens is 778 g/mol. The number of phenolic OH excluding ortho intramolecular Hbond substituents is 1. The first kappa shape index (κ1) is 37.5. The van der Waals surface area contributed by atoms with Crippen molar-refractivity contribution in [2.75, 3.05) is 10.3 Å². The van der Waals surface area contributed by atoms with Crippen molar-refractivity contribution in [3.8, 4) is 17.2 Å². The molecule has 4 aromatic rings. The summed E-state index contributed by atoms with van der Waals surface area (Å²) in [7, 11) is 0. The average Bonchev–Trinajstić information content (AvgIpc) is 3.53. The number of benzene rings is 4. The number of amides is 4. The van der Waals surface area contributed by atoms with E-state index in [9.17, 15) is 52.1 Å². The van der Waals surface area contributed by atoms with Crippen LogP contribution in [0.2, 0.25) is 5.02 Å². The van der Waals surface area contributed by atoms with Crippen molar-refractivity contribution >= 4 is 52.6 Å². The van der Waals surface area contributed by atoms with Crippen LogP contribution < -0.4 is 15.1 Å². The summed E-state index contributed by atoms with van der Waals surface area (Å²) < 4.78 is 58.9. The van der Waals surface area contributed by atoms with Crippen LogP contribution in [0, 0.1) is 29.5 Å². The van der Waals surface area contributed by atoms with Gasteiger partial charge in [-0.15, -0.1) is 13.2 Å². The van der Waals surface area contributed by atoms with Crippen LogP contribution in [0.5, 0.6) is 17.2 Å². The van der Waals surface area contributed by atoms with Crippen molar-refractivity contribution in [2.24, 2.45) is 23.7 Å². The summed E-state index contributed by atoms with van der Waals surface area (Å²) in [5.74, 6) is -13.4. The van der Waals surface area contributed by atoms with Crippen molar-refractivity contribution < 1.29 is 61.6 Å². The number of anilines is 2. The first-order valence-corrected chi connectivity index (χ1v) is 17.8. The first-order valence-electron chi connectivity index (χ1n) is 17.4. The SMILES string of the molecule is O=C(O)c1ccc(N2C(=O)C3CC=C4C(CC5C(=O)N(Nc6ccc(F)cc6)C(=O)C5(c5ccc(Cl)cc5)C4c4cc(OC(F)(F)F)ccc4O)C3C2=O)cc1O. The minimum Gasteiger partial charge on any atom is -0.508 e. The number of carbonyl (C=O) groups excluding carboxylic acids is 4. The number of aromatic hydroxyl groups is 2. The minimum atomic E-state index is -5.16. The summed E-state index contributed by atoms with van der Waals surface area (Å²) in [6, 6.07) is 16.5. The van der Waals surface area contributed by atoms with E-state index in [0.717, 1.165) is 52.4 Å². The zero-order chi connectivity index (χ0) is 40.7. The molecule has 2 aliphatic carbocycles. The molecule has 0 aromatic heterocycles. The van der Waals surface area contributed by atoms with Gasteiger partial charge in [-0.1, -0.05) is 35.4 Å². The van der Waals surface area contributed by atoms with Gasteiger partial charge in [0.05, 0.1) is 34.5 Å². The van der Waals surface area contributed by atoms with Crippen LogP contribution in [0.1, 0.15) is 40.2 Å². The second kappa shape index (κ2) is 13.4. The fraction of sp³-hybridized carbons (Fsp3) is 0.225. The number of halogens is 5. The molecule has 17 heteroatoms. The Kier molecular flexibility index (Phi) is 8.79. The van der Waals surface area contributed by atoms with E-state index in [1.54, 1.807) is 6.08 Å². The summed E-state index contributed by atoms with van der Waals surface area (Å²) in [4.78, 5) is 70.8. The maximum absolute atomic E-state index is 15.2. The van der Waals surface area contributed by atoms with Crippen LogP contribution in [0.3, 0.4) is 0 Å². The Balaban J connectivity index is 1.33. The number of imide groups is 2. The van der Waals surface area contributed by atoms with Gasteiger partial charge >= 0.3 is 12.3 Å². The fourth-order valence-electron chi connectivity index (χ4n) is 9.06. The summed E-state index contributed by atoms with van der Waals surface area (Å²) in [6.45, 7) is 0. The van der Waals surface area contributed by atoms with Crippen molar-refractivity contribution in [2.45, 2.75) is 30.5 Å². The number of phenols is 2. The molecule has 1 saturated carbocycles. The number of alkyl halides is 3. The molecule has 4 aliphatic rings. The molecule has 292 valence electrons. The van der Waals surface area contributed by atoms with Crippen LogP contribution in [-0.2, 0) is 24.6 Å². The van der Waals surface area contributed by atoms with Gasteiger partial charge in [0, 0.05) is 22.6 Å². The monoisotopic (exact) mass is 805 g/mol. The van der Waals surface area contributed by atoms with E-state index in [4.69, 9.17) is 11.6 Å². The predicted molar refractivity (Wildman–Crippen MR) is 191 cm³/mol. The molecule has 0 radical (unpaired) electrons. The lowest BCUT2D eigenvalue weighted by atomic mass is 9.49. The number of aromatic carboxylic acids is 1. The molecule has 2 aliphatic heterocycles. The maximum atomic E-state index is 15.2. The van der Waals surface area contributed by atoms with E-state index in [0.29, 0.717) is 0 Å². The molecule has 8 rings (SSSR count). The highest BCUT2D eigenvalue weighted by atomic mass is 35.5. The summed E-state index contributed by atoms with van der Waals surface area (Å²) in [5.41, 5.74) is 0.458. The molecule has 57 heavy (non-hydrogen) atoms. The van der Waals surface area contributed by atoms with Crippen LogP contribution in [-0.4, -0.2) is 56.3 Å².